The van der Waals surface area contributed by atoms with Crippen LogP contribution in [0.3, 0.4) is 0 Å². The second kappa shape index (κ2) is 8.08. The number of methoxy groups -OCH3 is 2. The van der Waals surface area contributed by atoms with E-state index in [1.165, 1.54) is 14.2 Å². The Bertz CT molecular complexity index is 978. The van der Waals surface area contributed by atoms with Gasteiger partial charge in [0.25, 0.3) is 5.91 Å². The van der Waals surface area contributed by atoms with Crippen LogP contribution >= 0.6 is 11.6 Å². The Balaban J connectivity index is 1.39. The molecular weight excluding hydrogens is 400 g/mol. The summed E-state index contributed by atoms with van der Waals surface area (Å²) < 4.78 is 21.2. The van der Waals surface area contributed by atoms with E-state index in [2.05, 4.69) is 10.5 Å². The molecule has 152 valence electrons. The number of carbonyl (C=O) groups excluding carboxylic acids is 1. The number of ether oxygens (including phenoxy) is 4. The fourth-order valence-corrected chi connectivity index (χ4v) is 3.36. The van der Waals surface area contributed by atoms with Crippen molar-refractivity contribution < 1.29 is 28.6 Å². The topological polar surface area (TPSA) is 87.6 Å². The van der Waals surface area contributed by atoms with Crippen molar-refractivity contribution in [2.24, 2.45) is 5.16 Å². The highest BCUT2D eigenvalue weighted by molar-refractivity contribution is 6.32. The van der Waals surface area contributed by atoms with Crippen LogP contribution in [0, 0.1) is 0 Å². The summed E-state index contributed by atoms with van der Waals surface area (Å²) in [5, 5.41) is 7.33. The zero-order chi connectivity index (χ0) is 20.4. The van der Waals surface area contributed by atoms with Crippen LogP contribution in [0.25, 0.3) is 0 Å². The van der Waals surface area contributed by atoms with Gasteiger partial charge in [-0.2, -0.15) is 0 Å². The maximum atomic E-state index is 12.5. The van der Waals surface area contributed by atoms with E-state index >= 15 is 0 Å². The minimum atomic E-state index is -0.732. The van der Waals surface area contributed by atoms with Crippen molar-refractivity contribution in [2.45, 2.75) is 19.1 Å². The predicted octanol–water partition coefficient (Wildman–Crippen LogP) is 2.90. The van der Waals surface area contributed by atoms with Crippen molar-refractivity contribution in [1.29, 1.82) is 0 Å². The lowest BCUT2D eigenvalue weighted by atomic mass is 10.0. The molecule has 1 amide bonds. The maximum absolute atomic E-state index is 12.5. The molecule has 0 spiro atoms. The Labute approximate surface area is 172 Å². The monoisotopic (exact) mass is 418 g/mol. The van der Waals surface area contributed by atoms with Gasteiger partial charge in [0.05, 0.1) is 25.0 Å². The summed E-state index contributed by atoms with van der Waals surface area (Å²) in [4.78, 5) is 17.8. The summed E-state index contributed by atoms with van der Waals surface area (Å²) in [6, 6.07) is 8.89. The van der Waals surface area contributed by atoms with Gasteiger partial charge in [-0.25, -0.2) is 0 Å². The quantitative estimate of drug-likeness (QED) is 0.776. The van der Waals surface area contributed by atoms with E-state index in [0.717, 1.165) is 5.56 Å². The smallest absolute Gasteiger partial charge is 0.264 e. The van der Waals surface area contributed by atoms with Crippen molar-refractivity contribution in [3.63, 3.8) is 0 Å². The molecule has 1 N–H and O–H groups in total. The van der Waals surface area contributed by atoms with Crippen LogP contribution in [0.2, 0.25) is 5.02 Å². The van der Waals surface area contributed by atoms with E-state index in [1.807, 2.05) is 18.2 Å². The van der Waals surface area contributed by atoms with Gasteiger partial charge >= 0.3 is 0 Å². The number of nitrogens with zero attached hydrogens (tertiary/aromatic N) is 1. The molecule has 0 radical (unpaired) electrons. The zero-order valence-electron chi connectivity index (χ0n) is 15.9. The molecule has 9 heteroatoms. The SMILES string of the molecule is COc1cc(OC)c(C2=NOC(C(=O)NCc3ccc4c(c3)OCO4)C2)cc1Cl. The molecule has 2 aromatic carbocycles. The molecule has 0 saturated carbocycles. The number of carbonyl (C=O) groups is 1. The van der Waals surface area contributed by atoms with Crippen molar-refractivity contribution in [3.05, 3.63) is 46.5 Å². The fraction of sp³-hybridized carbons (Fsp3) is 0.300. The van der Waals surface area contributed by atoms with E-state index in [9.17, 15) is 4.79 Å². The second-order valence-corrected chi connectivity index (χ2v) is 6.84. The number of oxime groups is 1. The molecule has 2 aliphatic heterocycles. The molecule has 0 bridgehead atoms. The van der Waals surface area contributed by atoms with Crippen LogP contribution in [-0.4, -0.2) is 38.7 Å². The second-order valence-electron chi connectivity index (χ2n) is 6.43. The lowest BCUT2D eigenvalue weighted by Gasteiger charge is -2.12. The van der Waals surface area contributed by atoms with E-state index in [-0.39, 0.29) is 12.7 Å². The standard InChI is InChI=1S/C20H19ClN2O6/c1-25-16-8-17(26-2)13(21)6-12(16)14-7-19(29-23-14)20(24)22-9-11-3-4-15-18(5-11)28-10-27-15/h3-6,8,19H,7,9-10H2,1-2H3,(H,22,24). The lowest BCUT2D eigenvalue weighted by Crippen LogP contribution is -2.34. The maximum Gasteiger partial charge on any atom is 0.264 e. The number of hydrogen-bond acceptors (Lipinski definition) is 7. The number of fused-ring (bicyclic) bond motifs is 1. The first kappa shape index (κ1) is 19.2. The van der Waals surface area contributed by atoms with Gasteiger partial charge in [-0.1, -0.05) is 22.8 Å². The van der Waals surface area contributed by atoms with Crippen LogP contribution in [0.15, 0.2) is 35.5 Å². The Kier molecular flexibility index (Phi) is 5.35. The number of nitrogens with one attached hydrogen (secondary N) is 1. The minimum Gasteiger partial charge on any atom is -0.496 e. The van der Waals surface area contributed by atoms with E-state index in [0.29, 0.717) is 52.3 Å². The molecule has 2 heterocycles. The first-order valence-electron chi connectivity index (χ1n) is 8.90. The highest BCUT2D eigenvalue weighted by Crippen LogP contribution is 2.35. The van der Waals surface area contributed by atoms with Gasteiger partial charge in [0.1, 0.15) is 11.5 Å². The zero-order valence-corrected chi connectivity index (χ0v) is 16.6. The summed E-state index contributed by atoms with van der Waals surface area (Å²) in [5.74, 6) is 2.13. The first-order valence-corrected chi connectivity index (χ1v) is 9.27. The van der Waals surface area contributed by atoms with Crippen molar-refractivity contribution in [2.75, 3.05) is 21.0 Å². The molecule has 0 aromatic heterocycles. The fourth-order valence-electron chi connectivity index (χ4n) is 3.12. The van der Waals surface area contributed by atoms with Crippen LogP contribution in [0.4, 0.5) is 0 Å². The molecule has 2 aromatic rings. The van der Waals surface area contributed by atoms with Crippen molar-refractivity contribution >= 4 is 23.2 Å². The molecule has 0 aliphatic carbocycles. The molecule has 0 saturated heterocycles. The molecular formula is C20H19ClN2O6. The van der Waals surface area contributed by atoms with E-state index < -0.39 is 6.10 Å². The Morgan fingerprint density at radius 1 is 1.17 bits per heavy atom. The molecule has 1 unspecified atom stereocenters. The van der Waals surface area contributed by atoms with Crippen LogP contribution < -0.4 is 24.3 Å². The summed E-state index contributed by atoms with van der Waals surface area (Å²) in [7, 11) is 3.06. The average molecular weight is 419 g/mol. The third kappa shape index (κ3) is 3.88. The van der Waals surface area contributed by atoms with E-state index in [1.54, 1.807) is 12.1 Å². The third-order valence-corrected chi connectivity index (χ3v) is 4.95. The van der Waals surface area contributed by atoms with Crippen LogP contribution in [0.1, 0.15) is 17.5 Å². The Hall–Kier alpha value is -3.13. The minimum absolute atomic E-state index is 0.208. The van der Waals surface area contributed by atoms with Crippen LogP contribution in [-0.2, 0) is 16.2 Å². The number of benzene rings is 2. The Morgan fingerprint density at radius 2 is 1.97 bits per heavy atom. The highest BCUT2D eigenvalue weighted by Gasteiger charge is 2.30. The molecule has 2 aliphatic rings. The van der Waals surface area contributed by atoms with Gasteiger partial charge in [0.15, 0.2) is 11.5 Å². The number of hydrogen-bond donors (Lipinski definition) is 1. The summed E-state index contributed by atoms with van der Waals surface area (Å²) in [6.07, 6.45) is -0.434. The first-order chi connectivity index (χ1) is 14.1. The number of rotatable bonds is 6. The van der Waals surface area contributed by atoms with Crippen molar-refractivity contribution in [3.8, 4) is 23.0 Å². The van der Waals surface area contributed by atoms with Crippen LogP contribution in [0.5, 0.6) is 23.0 Å². The van der Waals surface area contributed by atoms with Gasteiger partial charge < -0.3 is 29.1 Å². The third-order valence-electron chi connectivity index (χ3n) is 4.65. The Morgan fingerprint density at radius 3 is 2.76 bits per heavy atom. The number of amides is 1. The summed E-state index contributed by atoms with van der Waals surface area (Å²) in [5.41, 5.74) is 2.13. The highest BCUT2D eigenvalue weighted by atomic mass is 35.5. The number of halogens is 1. The van der Waals surface area contributed by atoms with Gasteiger partial charge in [-0.3, -0.25) is 4.79 Å². The van der Waals surface area contributed by atoms with Gasteiger partial charge in [-0.05, 0) is 23.8 Å². The summed E-state index contributed by atoms with van der Waals surface area (Å²) >= 11 is 6.22. The van der Waals surface area contributed by atoms with Gasteiger partial charge in [-0.15, -0.1) is 0 Å². The lowest BCUT2D eigenvalue weighted by molar-refractivity contribution is -0.131. The molecule has 0 fully saturated rings. The van der Waals surface area contributed by atoms with Gasteiger partial charge in [0, 0.05) is 24.6 Å². The normalized spacial score (nSPS) is 16.8. The molecule has 1 atom stereocenters. The van der Waals surface area contributed by atoms with Crippen molar-refractivity contribution in [1.82, 2.24) is 5.32 Å². The summed E-state index contributed by atoms with van der Waals surface area (Å²) in [6.45, 7) is 0.544. The predicted molar refractivity (Wildman–Crippen MR) is 105 cm³/mol. The molecule has 4 rings (SSSR count). The molecule has 8 nitrogen and oxygen atoms in total. The van der Waals surface area contributed by atoms with Gasteiger partial charge in [0.2, 0.25) is 12.9 Å². The molecule has 29 heavy (non-hydrogen) atoms. The largest absolute Gasteiger partial charge is 0.496 e. The van der Waals surface area contributed by atoms with E-state index in [4.69, 9.17) is 35.4 Å². The average Bonchev–Trinajstić information content (AvgIpc) is 3.41.